The molecule has 0 aliphatic heterocycles. The Balaban J connectivity index is 1.32. The zero-order valence-electron chi connectivity index (χ0n) is 33.4. The van der Waals surface area contributed by atoms with Crippen LogP contribution >= 0.6 is 0 Å². The van der Waals surface area contributed by atoms with Crippen LogP contribution in [0.4, 0.5) is 34.1 Å². The molecule has 56 heavy (non-hydrogen) atoms. The molecule has 6 aromatic rings. The lowest BCUT2D eigenvalue weighted by molar-refractivity contribution is -0.137. The van der Waals surface area contributed by atoms with Gasteiger partial charge in [0.2, 0.25) is 0 Å². The predicted molar refractivity (Wildman–Crippen MR) is 231 cm³/mol. The third-order valence-corrected chi connectivity index (χ3v) is 10.7. The van der Waals surface area contributed by atoms with Crippen molar-refractivity contribution in [2.75, 3.05) is 16.4 Å². The fourth-order valence-corrected chi connectivity index (χ4v) is 7.23. The van der Waals surface area contributed by atoms with Gasteiger partial charge in [-0.25, -0.2) is 0 Å². The molecule has 6 nitrogen and oxygen atoms in total. The second-order valence-corrected chi connectivity index (χ2v) is 14.9. The Morgan fingerprint density at radius 1 is 0.518 bits per heavy atom. The number of hydrogen-bond donors (Lipinski definition) is 1. The van der Waals surface area contributed by atoms with Gasteiger partial charge in [-0.2, -0.15) is 0 Å². The van der Waals surface area contributed by atoms with E-state index in [1.807, 2.05) is 0 Å². The molecule has 0 saturated heterocycles. The van der Waals surface area contributed by atoms with Crippen LogP contribution in [-0.4, -0.2) is 24.2 Å². The highest BCUT2D eigenvalue weighted by Crippen LogP contribution is 2.41. The number of aliphatic carboxylic acids is 1. The van der Waals surface area contributed by atoms with Gasteiger partial charge in [0.25, 0.3) is 6.47 Å². The lowest BCUT2D eigenvalue weighted by Crippen LogP contribution is -2.12. The number of anilines is 6. The number of ether oxygens (including phenoxy) is 1. The Labute approximate surface area is 332 Å². The average molecular weight is 745 g/mol. The summed E-state index contributed by atoms with van der Waals surface area (Å²) >= 11 is 0. The van der Waals surface area contributed by atoms with Gasteiger partial charge in [0.1, 0.15) is 0 Å². The van der Waals surface area contributed by atoms with Crippen molar-refractivity contribution in [3.8, 4) is 11.1 Å². The first-order valence-corrected chi connectivity index (χ1v) is 19.4. The molecule has 0 aliphatic carbocycles. The first-order valence-electron chi connectivity index (χ1n) is 19.4. The molecular weight excluding hydrogens is 693 g/mol. The fraction of sp³-hybridized carbons (Fsp3) is 0.240. The zero-order valence-corrected chi connectivity index (χ0v) is 33.4. The quantitative estimate of drug-likeness (QED) is 0.0786. The van der Waals surface area contributed by atoms with Crippen molar-refractivity contribution in [2.45, 2.75) is 73.6 Å². The van der Waals surface area contributed by atoms with Crippen molar-refractivity contribution >= 4 is 46.6 Å². The average Bonchev–Trinajstić information content (AvgIpc) is 3.18. The molecule has 1 N–H and O–H groups in total. The Bertz CT molecular complexity index is 2310. The molecule has 0 heterocycles. The molecular formula is C50H52N2O4. The van der Waals surface area contributed by atoms with Crippen LogP contribution in [0.2, 0.25) is 0 Å². The molecule has 0 spiro atoms. The summed E-state index contributed by atoms with van der Waals surface area (Å²) in [5, 5.41) is 9.09. The van der Waals surface area contributed by atoms with E-state index in [-0.39, 0.29) is 6.42 Å². The van der Waals surface area contributed by atoms with E-state index in [4.69, 9.17) is 9.84 Å². The number of carbonyl (C=O) groups is 2. The summed E-state index contributed by atoms with van der Waals surface area (Å²) in [6, 6.07) is 43.8. The second-order valence-electron chi connectivity index (χ2n) is 14.9. The maximum Gasteiger partial charge on any atom is 0.303 e. The van der Waals surface area contributed by atoms with E-state index in [1.165, 1.54) is 27.8 Å². The van der Waals surface area contributed by atoms with E-state index in [0.717, 1.165) is 81.2 Å². The van der Waals surface area contributed by atoms with Crippen LogP contribution in [0, 0.1) is 41.5 Å². The highest BCUT2D eigenvalue weighted by atomic mass is 16.5. The summed E-state index contributed by atoms with van der Waals surface area (Å²) in [5.74, 6) is -0.759. The van der Waals surface area contributed by atoms with Gasteiger partial charge in [-0.1, -0.05) is 48.5 Å². The molecule has 6 rings (SSSR count). The van der Waals surface area contributed by atoms with Crippen LogP contribution in [-0.2, 0) is 27.2 Å². The van der Waals surface area contributed by atoms with Gasteiger partial charge in [-0.3, -0.25) is 9.59 Å². The number of aryl methyl sites for hydroxylation is 8. The number of nitrogens with zero attached hydrogens (tertiary/aromatic N) is 2. The Morgan fingerprint density at radius 3 is 1.34 bits per heavy atom. The molecule has 0 aromatic heterocycles. The summed E-state index contributed by atoms with van der Waals surface area (Å²) in [4.78, 5) is 26.3. The molecule has 0 fully saturated rings. The van der Waals surface area contributed by atoms with Crippen molar-refractivity contribution in [2.24, 2.45) is 0 Å². The highest BCUT2D eigenvalue weighted by molar-refractivity contribution is 5.83. The monoisotopic (exact) mass is 744 g/mol. The topological polar surface area (TPSA) is 70.1 Å². The Kier molecular flexibility index (Phi) is 12.7. The molecule has 0 amide bonds. The molecule has 286 valence electrons. The van der Waals surface area contributed by atoms with Crippen molar-refractivity contribution in [3.05, 3.63) is 166 Å². The number of hydrogen-bond acceptors (Lipinski definition) is 5. The Hall–Kier alpha value is -6.14. The lowest BCUT2D eigenvalue weighted by Gasteiger charge is -2.29. The summed E-state index contributed by atoms with van der Waals surface area (Å²) in [5.41, 5.74) is 18.5. The van der Waals surface area contributed by atoms with Crippen LogP contribution in [0.25, 0.3) is 11.1 Å². The van der Waals surface area contributed by atoms with Gasteiger partial charge < -0.3 is 19.6 Å². The van der Waals surface area contributed by atoms with Crippen molar-refractivity contribution < 1.29 is 19.4 Å². The van der Waals surface area contributed by atoms with Gasteiger partial charge in [0.15, 0.2) is 0 Å². The molecule has 0 atom stereocenters. The smallest absolute Gasteiger partial charge is 0.303 e. The summed E-state index contributed by atoms with van der Waals surface area (Å²) in [6.45, 7) is 13.9. The van der Waals surface area contributed by atoms with Gasteiger partial charge in [0.05, 0.1) is 6.61 Å². The highest BCUT2D eigenvalue weighted by Gasteiger charge is 2.19. The largest absolute Gasteiger partial charge is 0.481 e. The van der Waals surface area contributed by atoms with Gasteiger partial charge in [-0.05, 0) is 196 Å². The SMILES string of the molecule is Cc1ccc(N(c2ccc(CCCOC=O)cc2)c2ccc(-c3ccc(N(c4ccc(CCCC(=O)O)cc4)c4ccc(C)c(C)c4)c(C)c3)cc2C)cc1C. The van der Waals surface area contributed by atoms with Crippen LogP contribution in [0.1, 0.15) is 63.8 Å². The number of carboxylic acids is 1. The van der Waals surface area contributed by atoms with E-state index in [2.05, 4.69) is 173 Å². The third kappa shape index (κ3) is 9.38. The van der Waals surface area contributed by atoms with Gasteiger partial charge >= 0.3 is 5.97 Å². The summed E-state index contributed by atoms with van der Waals surface area (Å²) < 4.78 is 4.89. The third-order valence-electron chi connectivity index (χ3n) is 10.7. The maximum absolute atomic E-state index is 11.1. The van der Waals surface area contributed by atoms with Crippen molar-refractivity contribution in [1.82, 2.24) is 0 Å². The minimum Gasteiger partial charge on any atom is -0.481 e. The molecule has 0 bridgehead atoms. The van der Waals surface area contributed by atoms with E-state index < -0.39 is 5.97 Å². The molecule has 0 unspecified atom stereocenters. The predicted octanol–water partition coefficient (Wildman–Crippen LogP) is 12.7. The second kappa shape index (κ2) is 18.0. The summed E-state index contributed by atoms with van der Waals surface area (Å²) in [7, 11) is 0. The molecule has 0 saturated carbocycles. The first-order chi connectivity index (χ1) is 27.0. The van der Waals surface area contributed by atoms with Crippen LogP contribution in [0.15, 0.2) is 121 Å². The van der Waals surface area contributed by atoms with Crippen LogP contribution in [0.5, 0.6) is 0 Å². The van der Waals surface area contributed by atoms with E-state index >= 15 is 0 Å². The van der Waals surface area contributed by atoms with Crippen LogP contribution < -0.4 is 9.80 Å². The lowest BCUT2D eigenvalue weighted by atomic mass is 9.98. The van der Waals surface area contributed by atoms with E-state index in [0.29, 0.717) is 19.5 Å². The number of carboxylic acid groups (broad SMARTS) is 1. The van der Waals surface area contributed by atoms with Gasteiger partial charge in [0, 0.05) is 40.5 Å². The fourth-order valence-electron chi connectivity index (χ4n) is 7.23. The first kappa shape index (κ1) is 39.6. The molecule has 6 aromatic carbocycles. The minimum absolute atomic E-state index is 0.172. The maximum atomic E-state index is 11.1. The van der Waals surface area contributed by atoms with E-state index in [9.17, 15) is 9.59 Å². The summed E-state index contributed by atoms with van der Waals surface area (Å²) in [6.07, 6.45) is 3.15. The molecule has 0 radical (unpaired) electrons. The number of rotatable bonds is 16. The standard InChI is InChI=1S/C50H52N2O4/c1-34-12-20-46(31-36(34)3)51(44-22-14-40(15-23-44)9-7-11-50(54)55)48-26-18-42(29-38(48)5)43-19-27-49(39(6)30-43)52(47-21-13-35(2)37(4)32-47)45-24-16-41(17-25-45)10-8-28-56-33-53/h12-27,29-33H,7-11,28H2,1-6H3,(H,54,55). The van der Waals surface area contributed by atoms with E-state index in [1.54, 1.807) is 0 Å². The van der Waals surface area contributed by atoms with Crippen LogP contribution in [0.3, 0.4) is 0 Å². The number of carbonyl (C=O) groups excluding carboxylic acids is 1. The van der Waals surface area contributed by atoms with Crippen molar-refractivity contribution in [1.29, 1.82) is 0 Å². The van der Waals surface area contributed by atoms with Gasteiger partial charge in [-0.15, -0.1) is 0 Å². The van der Waals surface area contributed by atoms with Crippen molar-refractivity contribution in [3.63, 3.8) is 0 Å². The number of benzene rings is 6. The molecule has 6 heteroatoms. The zero-order chi connectivity index (χ0) is 39.8. The normalized spacial score (nSPS) is 11.0. The minimum atomic E-state index is -0.759. The molecule has 0 aliphatic rings. The Morgan fingerprint density at radius 2 is 0.946 bits per heavy atom.